The molecule has 3 rings (SSSR count). The van der Waals surface area contributed by atoms with Gasteiger partial charge in [-0.1, -0.05) is 39.5 Å². The van der Waals surface area contributed by atoms with Gasteiger partial charge in [-0.25, -0.2) is 4.79 Å². The first kappa shape index (κ1) is 22.4. The molecule has 164 valence electrons. The van der Waals surface area contributed by atoms with Gasteiger partial charge in [-0.2, -0.15) is 0 Å². The molecule has 1 amide bonds. The minimum Gasteiger partial charge on any atom is -0.454 e. The maximum Gasteiger partial charge on any atom is 0.414 e. The SMILES string of the molecule is C=CCOC(=O)N1c2cc3c(cc2C[C@H]1[C@H](CC=C)O[Si](C)(C)C(C)(C)C)OCO3. The van der Waals surface area contributed by atoms with Crippen LogP contribution in [0.3, 0.4) is 0 Å². The molecule has 0 aliphatic carbocycles. The number of hydrogen-bond acceptors (Lipinski definition) is 5. The van der Waals surface area contributed by atoms with Crippen molar-refractivity contribution in [3.8, 4) is 11.5 Å². The van der Waals surface area contributed by atoms with Crippen LogP contribution in [0.15, 0.2) is 37.4 Å². The molecular formula is C23H33NO5Si. The molecule has 0 unspecified atom stereocenters. The number of anilines is 1. The fraction of sp³-hybridized carbons (Fsp3) is 0.522. The van der Waals surface area contributed by atoms with Gasteiger partial charge in [-0.15, -0.1) is 6.58 Å². The van der Waals surface area contributed by atoms with Crippen molar-refractivity contribution >= 4 is 20.1 Å². The highest BCUT2D eigenvalue weighted by Crippen LogP contribution is 2.45. The number of carbonyl (C=O) groups excluding carboxylic acids is 1. The quantitative estimate of drug-likeness (QED) is 0.425. The second-order valence-electron chi connectivity index (χ2n) is 9.28. The van der Waals surface area contributed by atoms with Crippen LogP contribution in [0.5, 0.6) is 11.5 Å². The molecule has 2 heterocycles. The molecule has 0 spiro atoms. The highest BCUT2D eigenvalue weighted by molar-refractivity contribution is 6.74. The van der Waals surface area contributed by atoms with Gasteiger partial charge in [0.05, 0.1) is 17.8 Å². The Morgan fingerprint density at radius 2 is 1.93 bits per heavy atom. The van der Waals surface area contributed by atoms with Crippen molar-refractivity contribution < 1.29 is 23.4 Å². The molecule has 0 radical (unpaired) electrons. The lowest BCUT2D eigenvalue weighted by Gasteiger charge is -2.42. The van der Waals surface area contributed by atoms with Gasteiger partial charge in [0, 0.05) is 6.07 Å². The topological polar surface area (TPSA) is 57.2 Å². The molecule has 7 heteroatoms. The van der Waals surface area contributed by atoms with E-state index >= 15 is 0 Å². The second-order valence-corrected chi connectivity index (χ2v) is 14.0. The first-order chi connectivity index (χ1) is 14.1. The van der Waals surface area contributed by atoms with E-state index in [9.17, 15) is 4.79 Å². The van der Waals surface area contributed by atoms with Gasteiger partial charge in [0.25, 0.3) is 0 Å². The predicted molar refractivity (Wildman–Crippen MR) is 121 cm³/mol. The number of nitrogens with zero attached hydrogens (tertiary/aromatic N) is 1. The lowest BCUT2D eigenvalue weighted by atomic mass is 10.0. The Kier molecular flexibility index (Phi) is 6.34. The number of carbonyl (C=O) groups is 1. The summed E-state index contributed by atoms with van der Waals surface area (Å²) < 4.78 is 23.3. The average Bonchev–Trinajstić information content (AvgIpc) is 3.26. The average molecular weight is 432 g/mol. The fourth-order valence-electron chi connectivity index (χ4n) is 3.59. The summed E-state index contributed by atoms with van der Waals surface area (Å²) in [4.78, 5) is 14.8. The third-order valence-corrected chi connectivity index (χ3v) is 10.7. The molecule has 2 aliphatic rings. The summed E-state index contributed by atoms with van der Waals surface area (Å²) in [5.74, 6) is 1.35. The smallest absolute Gasteiger partial charge is 0.414 e. The number of rotatable bonds is 7. The molecule has 6 nitrogen and oxygen atoms in total. The van der Waals surface area contributed by atoms with Gasteiger partial charge in [-0.3, -0.25) is 4.90 Å². The predicted octanol–water partition coefficient (Wildman–Crippen LogP) is 5.44. The summed E-state index contributed by atoms with van der Waals surface area (Å²) in [7, 11) is -2.08. The minimum absolute atomic E-state index is 0.0505. The monoisotopic (exact) mass is 431 g/mol. The lowest BCUT2D eigenvalue weighted by Crippen LogP contribution is -2.52. The summed E-state index contributed by atoms with van der Waals surface area (Å²) >= 11 is 0. The maximum absolute atomic E-state index is 13.1. The molecule has 0 saturated carbocycles. The first-order valence-electron chi connectivity index (χ1n) is 10.4. The minimum atomic E-state index is -2.08. The number of benzene rings is 1. The van der Waals surface area contributed by atoms with E-state index in [-0.39, 0.29) is 30.6 Å². The molecule has 1 aromatic carbocycles. The van der Waals surface area contributed by atoms with Gasteiger partial charge in [0.15, 0.2) is 19.8 Å². The van der Waals surface area contributed by atoms with E-state index in [4.69, 9.17) is 18.6 Å². The Bertz CT molecular complexity index is 830. The van der Waals surface area contributed by atoms with E-state index in [1.54, 1.807) is 11.0 Å². The van der Waals surface area contributed by atoms with Crippen LogP contribution in [0.4, 0.5) is 10.5 Å². The van der Waals surface area contributed by atoms with E-state index in [1.807, 2.05) is 18.2 Å². The van der Waals surface area contributed by atoms with E-state index in [0.717, 1.165) is 11.3 Å². The highest BCUT2D eigenvalue weighted by Gasteiger charge is 2.45. The zero-order valence-electron chi connectivity index (χ0n) is 18.7. The first-order valence-corrected chi connectivity index (χ1v) is 13.3. The van der Waals surface area contributed by atoms with Crippen LogP contribution in [0.2, 0.25) is 18.1 Å². The van der Waals surface area contributed by atoms with Crippen molar-refractivity contribution in [1.29, 1.82) is 0 Å². The summed E-state index contributed by atoms with van der Waals surface area (Å²) in [6.07, 6.45) is 4.12. The summed E-state index contributed by atoms with van der Waals surface area (Å²) in [6.45, 7) is 19.0. The normalized spacial score (nSPS) is 18.7. The molecular weight excluding hydrogens is 398 g/mol. The third-order valence-electron chi connectivity index (χ3n) is 6.20. The van der Waals surface area contributed by atoms with Crippen LogP contribution in [0, 0.1) is 0 Å². The highest BCUT2D eigenvalue weighted by atomic mass is 28.4. The van der Waals surface area contributed by atoms with Crippen molar-refractivity contribution in [2.75, 3.05) is 18.3 Å². The Hall–Kier alpha value is -2.25. The Morgan fingerprint density at radius 3 is 2.53 bits per heavy atom. The van der Waals surface area contributed by atoms with E-state index in [0.29, 0.717) is 24.3 Å². The van der Waals surface area contributed by atoms with Crippen molar-refractivity contribution in [2.45, 2.75) is 63.9 Å². The van der Waals surface area contributed by atoms with Gasteiger partial charge >= 0.3 is 6.09 Å². The number of fused-ring (bicyclic) bond motifs is 2. The Labute approximate surface area is 180 Å². The molecule has 0 saturated heterocycles. The number of amides is 1. The van der Waals surface area contributed by atoms with Gasteiger partial charge in [0.2, 0.25) is 6.79 Å². The molecule has 0 N–H and O–H groups in total. The molecule has 0 fully saturated rings. The van der Waals surface area contributed by atoms with E-state index in [1.165, 1.54) is 0 Å². The largest absolute Gasteiger partial charge is 0.454 e. The van der Waals surface area contributed by atoms with Crippen molar-refractivity contribution in [2.24, 2.45) is 0 Å². The van der Waals surface area contributed by atoms with Gasteiger partial charge in [0.1, 0.15) is 6.61 Å². The summed E-state index contributed by atoms with van der Waals surface area (Å²) in [5.41, 5.74) is 1.80. The zero-order valence-corrected chi connectivity index (χ0v) is 19.7. The van der Waals surface area contributed by atoms with Crippen LogP contribution in [-0.2, 0) is 15.6 Å². The van der Waals surface area contributed by atoms with Gasteiger partial charge in [-0.05, 0) is 42.6 Å². The van der Waals surface area contributed by atoms with Crippen LogP contribution in [-0.4, -0.2) is 40.0 Å². The zero-order chi connectivity index (χ0) is 22.1. The van der Waals surface area contributed by atoms with Gasteiger partial charge < -0.3 is 18.6 Å². The van der Waals surface area contributed by atoms with E-state index in [2.05, 4.69) is 47.0 Å². The van der Waals surface area contributed by atoms with Crippen molar-refractivity contribution in [3.63, 3.8) is 0 Å². The molecule has 1 aromatic rings. The molecule has 2 atom stereocenters. The molecule has 30 heavy (non-hydrogen) atoms. The standard InChI is InChI=1S/C23H33NO5Si/c1-8-10-19(29-30(6,7)23(3,4)5)18-12-16-13-20-21(28-15-27-20)14-17(16)24(18)22(25)26-11-9-2/h8-9,13-14,18-19H,1-2,10-12,15H2,3-7H3/t18-,19-/m0/s1. The van der Waals surface area contributed by atoms with Crippen molar-refractivity contribution in [1.82, 2.24) is 0 Å². The Balaban J connectivity index is 1.98. The Morgan fingerprint density at radius 1 is 1.27 bits per heavy atom. The van der Waals surface area contributed by atoms with Crippen LogP contribution >= 0.6 is 0 Å². The summed E-state index contributed by atoms with van der Waals surface area (Å²) in [5, 5.41) is 0.0505. The van der Waals surface area contributed by atoms with Crippen LogP contribution in [0.25, 0.3) is 0 Å². The molecule has 0 aromatic heterocycles. The van der Waals surface area contributed by atoms with Crippen LogP contribution < -0.4 is 14.4 Å². The van der Waals surface area contributed by atoms with E-state index < -0.39 is 14.4 Å². The number of ether oxygens (including phenoxy) is 3. The molecule has 0 bridgehead atoms. The molecule has 2 aliphatic heterocycles. The second kappa shape index (κ2) is 8.47. The summed E-state index contributed by atoms with van der Waals surface area (Å²) in [6, 6.07) is 3.62. The lowest BCUT2D eigenvalue weighted by molar-refractivity contribution is 0.134. The number of hydrogen-bond donors (Lipinski definition) is 0. The third kappa shape index (κ3) is 4.27. The van der Waals surface area contributed by atoms with Crippen LogP contribution in [0.1, 0.15) is 32.8 Å². The van der Waals surface area contributed by atoms with Crippen molar-refractivity contribution in [3.05, 3.63) is 43.0 Å². The fourth-order valence-corrected chi connectivity index (χ4v) is 4.95. The maximum atomic E-state index is 13.1.